The van der Waals surface area contributed by atoms with Gasteiger partial charge < -0.3 is 9.72 Å². The zero-order chi connectivity index (χ0) is 13.2. The zero-order valence-corrected chi connectivity index (χ0v) is 11.5. The normalized spacial score (nSPS) is 15.0. The fraction of sp³-hybridized carbons (Fsp3) is 0.692. The minimum absolute atomic E-state index is 0.0563. The molecule has 1 heterocycles. The molecule has 1 aromatic heterocycles. The largest absolute Gasteiger partial charge is 0.371 e. The molecule has 0 aromatic carbocycles. The third kappa shape index (κ3) is 2.57. The van der Waals surface area contributed by atoms with Crippen LogP contribution < -0.4 is 5.56 Å². The quantitative estimate of drug-likeness (QED) is 0.876. The molecular formula is C13H22N2O2. The summed E-state index contributed by atoms with van der Waals surface area (Å²) < 4.78 is 5.45. The Balaban J connectivity index is 3.38. The van der Waals surface area contributed by atoms with E-state index < -0.39 is 5.60 Å². The van der Waals surface area contributed by atoms with E-state index >= 15 is 0 Å². The van der Waals surface area contributed by atoms with Crippen molar-refractivity contribution in [2.24, 2.45) is 0 Å². The lowest BCUT2D eigenvalue weighted by molar-refractivity contribution is -0.00936. The summed E-state index contributed by atoms with van der Waals surface area (Å²) in [5.41, 5.74) is 0.956. The van der Waals surface area contributed by atoms with E-state index in [1.54, 1.807) is 7.11 Å². The molecule has 0 radical (unpaired) electrons. The molecule has 0 amide bonds. The van der Waals surface area contributed by atoms with E-state index in [1.165, 1.54) is 0 Å². The summed E-state index contributed by atoms with van der Waals surface area (Å²) in [6.07, 6.45) is 0.757. The van der Waals surface area contributed by atoms with Crippen molar-refractivity contribution in [1.29, 1.82) is 0 Å². The number of H-pyrrole nitrogens is 1. The molecule has 1 unspecified atom stereocenters. The van der Waals surface area contributed by atoms with E-state index in [0.29, 0.717) is 5.82 Å². The first-order chi connectivity index (χ1) is 7.85. The number of ether oxygens (including phenoxy) is 1. The Kier molecular flexibility index (Phi) is 4.09. The molecule has 0 aliphatic heterocycles. The number of methoxy groups -OCH3 is 1. The highest BCUT2D eigenvalue weighted by atomic mass is 16.5. The maximum Gasteiger partial charge on any atom is 0.254 e. The third-order valence-electron chi connectivity index (χ3n) is 3.35. The molecule has 1 atom stereocenters. The van der Waals surface area contributed by atoms with Crippen LogP contribution in [-0.4, -0.2) is 17.1 Å². The maximum absolute atomic E-state index is 12.0. The van der Waals surface area contributed by atoms with Gasteiger partial charge in [-0.1, -0.05) is 20.8 Å². The highest BCUT2D eigenvalue weighted by Crippen LogP contribution is 2.25. The number of aromatic amines is 1. The van der Waals surface area contributed by atoms with Gasteiger partial charge in [0.15, 0.2) is 0 Å². The first-order valence-electron chi connectivity index (χ1n) is 6.02. The highest BCUT2D eigenvalue weighted by Gasteiger charge is 2.28. The lowest BCUT2D eigenvalue weighted by atomic mass is 10.00. The Hall–Kier alpha value is -1.16. The van der Waals surface area contributed by atoms with Crippen molar-refractivity contribution in [3.05, 3.63) is 27.4 Å². The first kappa shape index (κ1) is 13.9. The van der Waals surface area contributed by atoms with Crippen molar-refractivity contribution >= 4 is 0 Å². The van der Waals surface area contributed by atoms with Crippen molar-refractivity contribution in [1.82, 2.24) is 9.97 Å². The molecule has 0 aliphatic rings. The Morgan fingerprint density at radius 1 is 1.47 bits per heavy atom. The minimum atomic E-state index is -0.528. The lowest BCUT2D eigenvalue weighted by Crippen LogP contribution is -2.31. The number of hydrogen-bond acceptors (Lipinski definition) is 3. The van der Waals surface area contributed by atoms with Crippen molar-refractivity contribution in [3.8, 4) is 0 Å². The van der Waals surface area contributed by atoms with E-state index in [4.69, 9.17) is 4.74 Å². The molecule has 0 bridgehead atoms. The molecule has 0 spiro atoms. The number of nitrogens with zero attached hydrogens (tertiary/aromatic N) is 1. The van der Waals surface area contributed by atoms with Crippen LogP contribution in [0.2, 0.25) is 0 Å². The Bertz CT molecular complexity index is 445. The molecule has 1 N–H and O–H groups in total. The van der Waals surface area contributed by atoms with Gasteiger partial charge in [0, 0.05) is 18.4 Å². The first-order valence-corrected chi connectivity index (χ1v) is 6.02. The topological polar surface area (TPSA) is 55.0 Å². The van der Waals surface area contributed by atoms with Crippen molar-refractivity contribution in [2.45, 2.75) is 52.6 Å². The molecule has 17 heavy (non-hydrogen) atoms. The van der Waals surface area contributed by atoms with E-state index in [1.807, 2.05) is 34.6 Å². The molecule has 1 rings (SSSR count). The van der Waals surface area contributed by atoms with Crippen LogP contribution >= 0.6 is 0 Å². The van der Waals surface area contributed by atoms with Gasteiger partial charge in [-0.3, -0.25) is 4.79 Å². The van der Waals surface area contributed by atoms with Crippen LogP contribution in [0.3, 0.4) is 0 Å². The van der Waals surface area contributed by atoms with Crippen LogP contribution in [-0.2, 0) is 10.3 Å². The Morgan fingerprint density at radius 2 is 2.06 bits per heavy atom. The van der Waals surface area contributed by atoms with Crippen LogP contribution in [0.15, 0.2) is 4.79 Å². The van der Waals surface area contributed by atoms with Crippen molar-refractivity contribution in [2.75, 3.05) is 7.11 Å². The van der Waals surface area contributed by atoms with Crippen molar-refractivity contribution in [3.63, 3.8) is 0 Å². The predicted octanol–water partition coefficient (Wildman–Crippen LogP) is 2.47. The van der Waals surface area contributed by atoms with E-state index in [0.717, 1.165) is 17.7 Å². The molecule has 0 saturated heterocycles. The van der Waals surface area contributed by atoms with Gasteiger partial charge in [0.25, 0.3) is 5.56 Å². The zero-order valence-electron chi connectivity index (χ0n) is 11.5. The average Bonchev–Trinajstić information content (AvgIpc) is 2.26. The number of hydrogen-bond donors (Lipinski definition) is 1. The second-order valence-electron chi connectivity index (χ2n) is 4.86. The Labute approximate surface area is 102 Å². The fourth-order valence-electron chi connectivity index (χ4n) is 1.93. The number of nitrogens with one attached hydrogen (secondary N) is 1. The van der Waals surface area contributed by atoms with Gasteiger partial charge in [-0.2, -0.15) is 0 Å². The molecule has 96 valence electrons. The van der Waals surface area contributed by atoms with Gasteiger partial charge in [-0.05, 0) is 26.2 Å². The SMILES string of the molecule is CCC(C)(OC)c1nc(C)c(C(C)C)c(=O)[nH]1. The highest BCUT2D eigenvalue weighted by molar-refractivity contribution is 5.21. The summed E-state index contributed by atoms with van der Waals surface area (Å²) in [4.78, 5) is 19.4. The van der Waals surface area contributed by atoms with Crippen LogP contribution in [0.4, 0.5) is 0 Å². The molecule has 1 aromatic rings. The van der Waals surface area contributed by atoms with Crippen LogP contribution in [0.5, 0.6) is 0 Å². The maximum atomic E-state index is 12.0. The summed E-state index contributed by atoms with van der Waals surface area (Å²) >= 11 is 0. The summed E-state index contributed by atoms with van der Waals surface area (Å²) in [6.45, 7) is 9.80. The fourth-order valence-corrected chi connectivity index (χ4v) is 1.93. The second kappa shape index (κ2) is 5.00. The molecular weight excluding hydrogens is 216 g/mol. The average molecular weight is 238 g/mol. The van der Waals surface area contributed by atoms with Gasteiger partial charge in [0.1, 0.15) is 11.4 Å². The second-order valence-corrected chi connectivity index (χ2v) is 4.86. The molecule has 4 nitrogen and oxygen atoms in total. The molecule has 0 aliphatic carbocycles. The van der Waals surface area contributed by atoms with Crippen LogP contribution in [0, 0.1) is 6.92 Å². The minimum Gasteiger partial charge on any atom is -0.371 e. The smallest absolute Gasteiger partial charge is 0.254 e. The summed E-state index contributed by atoms with van der Waals surface area (Å²) in [5, 5.41) is 0. The van der Waals surface area contributed by atoms with Gasteiger partial charge in [-0.15, -0.1) is 0 Å². The van der Waals surface area contributed by atoms with Gasteiger partial charge in [0.05, 0.1) is 0 Å². The standard InChI is InChI=1S/C13H22N2O2/c1-7-13(5,17-6)12-14-9(4)10(8(2)3)11(16)15-12/h8H,7H2,1-6H3,(H,14,15,16). The monoisotopic (exact) mass is 238 g/mol. The van der Waals surface area contributed by atoms with Gasteiger partial charge >= 0.3 is 0 Å². The van der Waals surface area contributed by atoms with Gasteiger partial charge in [-0.25, -0.2) is 4.98 Å². The van der Waals surface area contributed by atoms with E-state index in [9.17, 15) is 4.79 Å². The van der Waals surface area contributed by atoms with E-state index in [-0.39, 0.29) is 11.5 Å². The predicted molar refractivity (Wildman–Crippen MR) is 68.3 cm³/mol. The molecule has 4 heteroatoms. The van der Waals surface area contributed by atoms with Crippen LogP contribution in [0.1, 0.15) is 57.1 Å². The molecule has 0 saturated carbocycles. The van der Waals surface area contributed by atoms with Gasteiger partial charge in [0.2, 0.25) is 0 Å². The number of aryl methyl sites for hydroxylation is 1. The van der Waals surface area contributed by atoms with E-state index in [2.05, 4.69) is 9.97 Å². The number of rotatable bonds is 4. The van der Waals surface area contributed by atoms with Crippen molar-refractivity contribution < 1.29 is 4.74 Å². The summed E-state index contributed by atoms with van der Waals surface area (Å²) in [6, 6.07) is 0. The number of aromatic nitrogens is 2. The third-order valence-corrected chi connectivity index (χ3v) is 3.35. The summed E-state index contributed by atoms with van der Waals surface area (Å²) in [7, 11) is 1.63. The molecule has 0 fully saturated rings. The lowest BCUT2D eigenvalue weighted by Gasteiger charge is -2.26. The van der Waals surface area contributed by atoms with Crippen LogP contribution in [0.25, 0.3) is 0 Å². The summed E-state index contributed by atoms with van der Waals surface area (Å²) in [5.74, 6) is 0.783. The Morgan fingerprint density at radius 3 is 2.41 bits per heavy atom.